The molecule has 15 heavy (non-hydrogen) atoms. The molecule has 0 aromatic heterocycles. The largest absolute Gasteiger partial charge is 0.436 e. The van der Waals surface area contributed by atoms with Crippen LogP contribution in [0.5, 0.6) is 0 Å². The second-order valence-electron chi connectivity index (χ2n) is 3.66. The second kappa shape index (κ2) is 9.97. The van der Waals surface area contributed by atoms with Crippen LogP contribution in [0.25, 0.3) is 0 Å². The number of carbonyl (C=O) groups is 1. The van der Waals surface area contributed by atoms with Crippen molar-refractivity contribution in [3.63, 3.8) is 0 Å². The van der Waals surface area contributed by atoms with Crippen LogP contribution in [-0.2, 0) is 14.3 Å². The molecule has 0 aliphatic carbocycles. The maximum absolute atomic E-state index is 11.3. The van der Waals surface area contributed by atoms with Gasteiger partial charge in [-0.25, -0.2) is 0 Å². The first kappa shape index (κ1) is 14.4. The predicted octanol–water partition coefficient (Wildman–Crippen LogP) is 3.27. The Balaban J connectivity index is 3.62. The van der Waals surface area contributed by atoms with Gasteiger partial charge in [0.05, 0.1) is 6.61 Å². The van der Waals surface area contributed by atoms with E-state index in [0.717, 1.165) is 32.1 Å². The van der Waals surface area contributed by atoms with Crippen molar-refractivity contribution < 1.29 is 14.3 Å². The van der Waals surface area contributed by atoms with Crippen molar-refractivity contribution in [2.24, 2.45) is 0 Å². The molecule has 0 heterocycles. The minimum atomic E-state index is -0.346. The number of rotatable bonds is 9. The zero-order chi connectivity index (χ0) is 11.5. The third-order valence-electron chi connectivity index (χ3n) is 2.13. The summed E-state index contributed by atoms with van der Waals surface area (Å²) < 4.78 is 10.6. The molecule has 0 bridgehead atoms. The quantitative estimate of drug-likeness (QED) is 0.337. The Bertz CT molecular complexity index is 157. The molecule has 0 spiro atoms. The predicted molar refractivity (Wildman–Crippen MR) is 60.6 cm³/mol. The van der Waals surface area contributed by atoms with Crippen LogP contribution in [0.4, 0.5) is 0 Å². The van der Waals surface area contributed by atoms with Crippen LogP contribution in [-0.4, -0.2) is 18.9 Å². The van der Waals surface area contributed by atoms with Gasteiger partial charge >= 0.3 is 5.97 Å². The molecule has 0 rings (SSSR count). The average Bonchev–Trinajstić information content (AvgIpc) is 2.25. The molecule has 0 saturated carbocycles. The Morgan fingerprint density at radius 1 is 1.13 bits per heavy atom. The summed E-state index contributed by atoms with van der Waals surface area (Å²) in [5.41, 5.74) is 0. The summed E-state index contributed by atoms with van der Waals surface area (Å²) in [7, 11) is 0. The van der Waals surface area contributed by atoms with Crippen LogP contribution in [0.15, 0.2) is 0 Å². The molecule has 1 atom stereocenters. The molecule has 0 aliphatic heterocycles. The molecule has 3 nitrogen and oxygen atoms in total. The van der Waals surface area contributed by atoms with E-state index in [1.807, 2.05) is 6.92 Å². The lowest BCUT2D eigenvalue weighted by Gasteiger charge is -2.16. The third kappa shape index (κ3) is 8.43. The first-order chi connectivity index (χ1) is 7.24. The molecule has 0 fully saturated rings. The molecule has 0 saturated heterocycles. The molecule has 0 aromatic carbocycles. The molecule has 0 N–H and O–H groups in total. The van der Waals surface area contributed by atoms with Crippen LogP contribution >= 0.6 is 0 Å². The zero-order valence-corrected chi connectivity index (χ0v) is 10.3. The third-order valence-corrected chi connectivity index (χ3v) is 2.13. The van der Waals surface area contributed by atoms with Crippen LogP contribution in [0.2, 0.25) is 0 Å². The highest BCUT2D eigenvalue weighted by molar-refractivity contribution is 5.69. The van der Waals surface area contributed by atoms with E-state index in [2.05, 4.69) is 13.8 Å². The molecule has 3 heteroatoms. The molecular formula is C12H24O3. The smallest absolute Gasteiger partial charge is 0.308 e. The SMILES string of the molecule is CCCCOC(CC)OC(=O)CCCC. The van der Waals surface area contributed by atoms with Crippen LogP contribution in [0.1, 0.15) is 59.3 Å². The number of carbonyl (C=O) groups excluding carboxylic acids is 1. The number of ether oxygens (including phenoxy) is 2. The lowest BCUT2D eigenvalue weighted by atomic mass is 10.2. The maximum Gasteiger partial charge on any atom is 0.308 e. The fraction of sp³-hybridized carbons (Fsp3) is 0.917. The van der Waals surface area contributed by atoms with Gasteiger partial charge in [0, 0.05) is 12.8 Å². The molecule has 0 amide bonds. The summed E-state index contributed by atoms with van der Waals surface area (Å²) in [5.74, 6) is -0.139. The molecule has 90 valence electrons. The second-order valence-corrected chi connectivity index (χ2v) is 3.66. The van der Waals surface area contributed by atoms with Crippen molar-refractivity contribution in [1.29, 1.82) is 0 Å². The normalized spacial score (nSPS) is 12.5. The van der Waals surface area contributed by atoms with Gasteiger partial charge in [-0.2, -0.15) is 0 Å². The standard InChI is InChI=1S/C12H24O3/c1-4-7-9-11(13)15-12(6-3)14-10-8-5-2/h12H,4-10H2,1-3H3. The van der Waals surface area contributed by atoms with Gasteiger partial charge in [-0.1, -0.05) is 33.6 Å². The lowest BCUT2D eigenvalue weighted by molar-refractivity contribution is -0.179. The first-order valence-corrected chi connectivity index (χ1v) is 6.05. The summed E-state index contributed by atoms with van der Waals surface area (Å²) >= 11 is 0. The average molecular weight is 216 g/mol. The number of esters is 1. The van der Waals surface area contributed by atoms with Gasteiger partial charge in [0.2, 0.25) is 6.29 Å². The van der Waals surface area contributed by atoms with E-state index < -0.39 is 0 Å². The maximum atomic E-state index is 11.3. The van der Waals surface area contributed by atoms with E-state index in [0.29, 0.717) is 13.0 Å². The van der Waals surface area contributed by atoms with E-state index in [-0.39, 0.29) is 12.3 Å². The van der Waals surface area contributed by atoms with E-state index >= 15 is 0 Å². The fourth-order valence-electron chi connectivity index (χ4n) is 1.12. The van der Waals surface area contributed by atoms with Crippen LogP contribution in [0, 0.1) is 0 Å². The minimum absolute atomic E-state index is 0.139. The number of hydrogen-bond acceptors (Lipinski definition) is 3. The summed E-state index contributed by atoms with van der Waals surface area (Å²) in [6, 6.07) is 0. The van der Waals surface area contributed by atoms with Crippen molar-refractivity contribution in [1.82, 2.24) is 0 Å². The summed E-state index contributed by atoms with van der Waals surface area (Å²) in [5, 5.41) is 0. The van der Waals surface area contributed by atoms with Crippen molar-refractivity contribution >= 4 is 5.97 Å². The van der Waals surface area contributed by atoms with E-state index in [1.165, 1.54) is 0 Å². The van der Waals surface area contributed by atoms with Gasteiger partial charge in [-0.05, 0) is 12.8 Å². The Labute approximate surface area is 93.1 Å². The van der Waals surface area contributed by atoms with Gasteiger partial charge in [0.1, 0.15) is 0 Å². The number of hydrogen-bond donors (Lipinski definition) is 0. The first-order valence-electron chi connectivity index (χ1n) is 6.05. The summed E-state index contributed by atoms with van der Waals surface area (Å²) in [6.45, 7) is 6.81. The van der Waals surface area contributed by atoms with Crippen molar-refractivity contribution in [3.05, 3.63) is 0 Å². The fourth-order valence-corrected chi connectivity index (χ4v) is 1.12. The summed E-state index contributed by atoms with van der Waals surface area (Å²) in [6.07, 6.45) is 4.91. The van der Waals surface area contributed by atoms with E-state index in [1.54, 1.807) is 0 Å². The van der Waals surface area contributed by atoms with E-state index in [9.17, 15) is 4.79 Å². The van der Waals surface area contributed by atoms with E-state index in [4.69, 9.17) is 9.47 Å². The van der Waals surface area contributed by atoms with Gasteiger partial charge in [0.15, 0.2) is 0 Å². The molecule has 0 aliphatic rings. The number of unbranched alkanes of at least 4 members (excludes halogenated alkanes) is 2. The Kier molecular flexibility index (Phi) is 9.59. The van der Waals surface area contributed by atoms with Crippen molar-refractivity contribution in [2.75, 3.05) is 6.61 Å². The van der Waals surface area contributed by atoms with Crippen LogP contribution < -0.4 is 0 Å². The highest BCUT2D eigenvalue weighted by Crippen LogP contribution is 2.05. The van der Waals surface area contributed by atoms with Crippen molar-refractivity contribution in [2.45, 2.75) is 65.6 Å². The Hall–Kier alpha value is -0.570. The van der Waals surface area contributed by atoms with Crippen LogP contribution in [0.3, 0.4) is 0 Å². The minimum Gasteiger partial charge on any atom is -0.436 e. The Morgan fingerprint density at radius 3 is 2.33 bits per heavy atom. The highest BCUT2D eigenvalue weighted by Gasteiger charge is 2.11. The van der Waals surface area contributed by atoms with Gasteiger partial charge in [0.25, 0.3) is 0 Å². The van der Waals surface area contributed by atoms with Gasteiger partial charge in [-0.15, -0.1) is 0 Å². The molecule has 0 radical (unpaired) electrons. The zero-order valence-electron chi connectivity index (χ0n) is 10.3. The molecule has 0 aromatic rings. The monoisotopic (exact) mass is 216 g/mol. The lowest BCUT2D eigenvalue weighted by Crippen LogP contribution is -2.21. The molecule has 1 unspecified atom stereocenters. The topological polar surface area (TPSA) is 35.5 Å². The highest BCUT2D eigenvalue weighted by atomic mass is 16.7. The Morgan fingerprint density at radius 2 is 1.80 bits per heavy atom. The van der Waals surface area contributed by atoms with Crippen molar-refractivity contribution in [3.8, 4) is 0 Å². The van der Waals surface area contributed by atoms with Gasteiger partial charge < -0.3 is 9.47 Å². The molecular weight excluding hydrogens is 192 g/mol. The van der Waals surface area contributed by atoms with Gasteiger partial charge in [-0.3, -0.25) is 4.79 Å². The summed E-state index contributed by atoms with van der Waals surface area (Å²) in [4.78, 5) is 11.3.